The van der Waals surface area contributed by atoms with Crippen LogP contribution in [0.2, 0.25) is 0 Å². The van der Waals surface area contributed by atoms with E-state index in [2.05, 4.69) is 36.0 Å². The van der Waals surface area contributed by atoms with Gasteiger partial charge in [0.15, 0.2) is 0 Å². The molecule has 2 N–H and O–H groups in total. The summed E-state index contributed by atoms with van der Waals surface area (Å²) in [6, 6.07) is 7.94. The van der Waals surface area contributed by atoms with Crippen LogP contribution in [0.3, 0.4) is 0 Å². The molecule has 2 aliphatic rings. The van der Waals surface area contributed by atoms with Crippen LogP contribution in [0.25, 0.3) is 0 Å². The fourth-order valence-corrected chi connectivity index (χ4v) is 6.04. The molecule has 2 heterocycles. The topological polar surface area (TPSA) is 50.4 Å². The molecule has 2 aliphatic heterocycles. The van der Waals surface area contributed by atoms with E-state index in [1.165, 1.54) is 5.57 Å². The van der Waals surface area contributed by atoms with Gasteiger partial charge in [-0.25, -0.2) is 0 Å². The van der Waals surface area contributed by atoms with E-state index in [1.807, 2.05) is 32.0 Å². The zero-order chi connectivity index (χ0) is 19.4. The van der Waals surface area contributed by atoms with Gasteiger partial charge in [-0.1, -0.05) is 29.1 Å². The highest BCUT2D eigenvalue weighted by atomic mass is 32.2. The number of hydrogen-bond donors (Lipinski definition) is 2. The third-order valence-electron chi connectivity index (χ3n) is 4.28. The van der Waals surface area contributed by atoms with Crippen molar-refractivity contribution < 1.29 is 9.53 Å². The normalized spacial score (nSPS) is 20.1. The summed E-state index contributed by atoms with van der Waals surface area (Å²) in [5.41, 5.74) is 3.20. The molecule has 1 unspecified atom stereocenters. The third kappa shape index (κ3) is 4.54. The van der Waals surface area contributed by atoms with Gasteiger partial charge in [-0.05, 0) is 44.7 Å². The Bertz CT molecular complexity index is 883. The van der Waals surface area contributed by atoms with Gasteiger partial charge in [0, 0.05) is 16.9 Å². The first-order valence-corrected chi connectivity index (χ1v) is 11.8. The summed E-state index contributed by atoms with van der Waals surface area (Å²) < 4.78 is 5.95. The van der Waals surface area contributed by atoms with E-state index in [-0.39, 0.29) is 11.2 Å². The maximum Gasteiger partial charge on any atom is 0.238 e. The minimum absolute atomic E-state index is 0.0525. The Kier molecular flexibility index (Phi) is 6.92. The summed E-state index contributed by atoms with van der Waals surface area (Å²) in [7, 11) is 1.60. The number of fused-ring (bicyclic) bond motifs is 1. The Labute approximate surface area is 172 Å². The molecule has 1 amide bonds. The van der Waals surface area contributed by atoms with Crippen molar-refractivity contribution in [2.45, 2.75) is 37.3 Å². The molecule has 0 aromatic heterocycles. The van der Waals surface area contributed by atoms with E-state index in [0.717, 1.165) is 31.2 Å². The monoisotopic (exact) mass is 420 g/mol. The van der Waals surface area contributed by atoms with Crippen molar-refractivity contribution in [1.29, 1.82) is 0 Å². The van der Waals surface area contributed by atoms with Crippen molar-refractivity contribution in [3.05, 3.63) is 46.5 Å². The molecule has 0 fully saturated rings. The van der Waals surface area contributed by atoms with Crippen LogP contribution in [-0.2, 0) is 9.53 Å². The molecule has 0 aliphatic carbocycles. The lowest BCUT2D eigenvalue weighted by Gasteiger charge is -2.27. The predicted octanol–water partition coefficient (Wildman–Crippen LogP) is 4.66. The number of nitrogens with one attached hydrogen (secondary N) is 2. The highest BCUT2D eigenvalue weighted by molar-refractivity contribution is 8.03. The fraction of sp³-hybridized carbons (Fsp3) is 0.350. The molecular weight excluding hydrogens is 396 g/mol. The Morgan fingerprint density at radius 1 is 1.33 bits per heavy atom. The van der Waals surface area contributed by atoms with Gasteiger partial charge in [0.2, 0.25) is 5.91 Å². The van der Waals surface area contributed by atoms with Crippen LogP contribution in [0.5, 0.6) is 0 Å². The second kappa shape index (κ2) is 9.19. The second-order valence-corrected chi connectivity index (χ2v) is 9.18. The Morgan fingerprint density at radius 3 is 2.81 bits per heavy atom. The summed E-state index contributed by atoms with van der Waals surface area (Å²) in [5.74, 6) is 0.0525. The summed E-state index contributed by atoms with van der Waals surface area (Å²) in [6.07, 6.45) is 4.79. The Balaban J connectivity index is 1.91. The number of para-hydroxylation sites is 1. The van der Waals surface area contributed by atoms with Crippen LogP contribution in [0, 0.1) is 0 Å². The predicted molar refractivity (Wildman–Crippen MR) is 122 cm³/mol. The number of amides is 1. The van der Waals surface area contributed by atoms with Crippen molar-refractivity contribution >= 4 is 56.1 Å². The first-order valence-electron chi connectivity index (χ1n) is 8.86. The fourth-order valence-electron chi connectivity index (χ4n) is 2.83. The molecule has 4 nitrogen and oxygen atoms in total. The minimum Gasteiger partial charge on any atom is -0.345 e. The summed E-state index contributed by atoms with van der Waals surface area (Å²) in [4.78, 5) is 14.7. The number of hydrogen-bond acceptors (Lipinski definition) is 5. The van der Waals surface area contributed by atoms with Crippen LogP contribution >= 0.6 is 34.5 Å². The van der Waals surface area contributed by atoms with E-state index in [4.69, 9.17) is 4.74 Å². The van der Waals surface area contributed by atoms with Crippen molar-refractivity contribution in [3.8, 4) is 0 Å². The van der Waals surface area contributed by atoms with E-state index >= 15 is 0 Å². The van der Waals surface area contributed by atoms with Gasteiger partial charge in [-0.3, -0.25) is 4.79 Å². The lowest BCUT2D eigenvalue weighted by Crippen LogP contribution is -2.35. The molecule has 0 saturated carbocycles. The number of thioether (sulfide) groups is 2. The second-order valence-electron chi connectivity index (χ2n) is 6.05. The molecule has 0 bridgehead atoms. The number of benzene rings is 1. The Morgan fingerprint density at radius 2 is 2.11 bits per heavy atom. The lowest BCUT2D eigenvalue weighted by molar-refractivity contribution is -0.115. The number of anilines is 1. The van der Waals surface area contributed by atoms with Gasteiger partial charge in [0.1, 0.15) is 5.05 Å². The smallest absolute Gasteiger partial charge is 0.238 e. The highest BCUT2D eigenvalue weighted by Crippen LogP contribution is 2.37. The molecular formula is C20H24N2O2S3. The van der Waals surface area contributed by atoms with E-state index in [1.54, 1.807) is 34.5 Å². The quantitative estimate of drug-likeness (QED) is 0.679. The van der Waals surface area contributed by atoms with E-state index in [9.17, 15) is 4.79 Å². The van der Waals surface area contributed by atoms with Crippen LogP contribution in [-0.4, -0.2) is 34.1 Å². The number of carbonyl (C=O) groups excluding carboxylic acids is 1. The Hall–Kier alpha value is -1.41. The standard InChI is InChI=1S/C20H24N2O2S3/c1-5-12(3)17-19(25-4)22-16(27-20(17)24-6-2)11-15-18(23)21-13-9-7-8-10-14(13)26-15/h5,7-10,15,22H,6,11H2,1-4H3,(H,21,23)/b12-5+. The van der Waals surface area contributed by atoms with Crippen molar-refractivity contribution in [3.63, 3.8) is 0 Å². The van der Waals surface area contributed by atoms with E-state index in [0.29, 0.717) is 13.0 Å². The van der Waals surface area contributed by atoms with Crippen LogP contribution in [0.15, 0.2) is 51.4 Å². The van der Waals surface area contributed by atoms with Crippen LogP contribution in [0.4, 0.5) is 5.69 Å². The number of allylic oxidation sites excluding steroid dienone is 1. The van der Waals surface area contributed by atoms with Gasteiger partial charge in [0.05, 0.1) is 27.6 Å². The molecule has 1 aromatic rings. The zero-order valence-corrected chi connectivity index (χ0v) is 18.4. The average molecular weight is 421 g/mol. The minimum atomic E-state index is -0.162. The van der Waals surface area contributed by atoms with Gasteiger partial charge in [-0.2, -0.15) is 0 Å². The number of rotatable bonds is 5. The van der Waals surface area contributed by atoms with Crippen LogP contribution in [0.1, 0.15) is 27.2 Å². The van der Waals surface area contributed by atoms with Gasteiger partial charge < -0.3 is 15.4 Å². The highest BCUT2D eigenvalue weighted by Gasteiger charge is 2.29. The molecule has 27 heavy (non-hydrogen) atoms. The van der Waals surface area contributed by atoms with Gasteiger partial charge in [-0.15, -0.1) is 23.5 Å². The zero-order valence-electron chi connectivity index (χ0n) is 15.9. The van der Waals surface area contributed by atoms with Crippen LogP contribution < -0.4 is 10.6 Å². The lowest BCUT2D eigenvalue weighted by atomic mass is 10.1. The SMILES string of the molecule is C/C=C(\C)C1=C(SC)NC(CC2Sc3ccccc3NC2=O)=S=C1OCC. The van der Waals surface area contributed by atoms with Crippen molar-refractivity contribution in [2.24, 2.45) is 0 Å². The van der Waals surface area contributed by atoms with Crippen molar-refractivity contribution in [1.82, 2.24) is 5.32 Å². The molecule has 3 rings (SSSR count). The average Bonchev–Trinajstić information content (AvgIpc) is 2.68. The molecule has 1 atom stereocenters. The summed E-state index contributed by atoms with van der Waals surface area (Å²) >= 11 is 3.29. The maximum absolute atomic E-state index is 12.6. The first kappa shape index (κ1) is 20.3. The number of carbonyl (C=O) groups is 1. The summed E-state index contributed by atoms with van der Waals surface area (Å²) in [6.45, 7) is 6.75. The van der Waals surface area contributed by atoms with Crippen molar-refractivity contribution in [2.75, 3.05) is 18.2 Å². The molecule has 0 radical (unpaired) electrons. The molecule has 0 spiro atoms. The molecule has 7 heteroatoms. The molecule has 144 valence electrons. The largest absolute Gasteiger partial charge is 0.345 e. The number of ether oxygens (including phenoxy) is 1. The molecule has 1 aromatic carbocycles. The van der Waals surface area contributed by atoms with E-state index < -0.39 is 0 Å². The maximum atomic E-state index is 12.6. The summed E-state index contributed by atoms with van der Waals surface area (Å²) in [5, 5.41) is 8.38. The molecule has 0 saturated heterocycles. The van der Waals surface area contributed by atoms with Gasteiger partial charge in [0.25, 0.3) is 0 Å². The third-order valence-corrected chi connectivity index (χ3v) is 7.30. The van der Waals surface area contributed by atoms with Gasteiger partial charge >= 0.3 is 0 Å². The first-order chi connectivity index (χ1) is 13.1.